The molecule has 0 saturated carbocycles. The molecule has 10 heteroatoms. The van der Waals surface area contributed by atoms with Crippen LogP contribution in [-0.2, 0) is 14.8 Å². The highest BCUT2D eigenvalue weighted by atomic mass is 35.5. The number of likely N-dealkylation sites (N-methyl/N-ethyl adjacent to an activating group) is 1. The summed E-state index contributed by atoms with van der Waals surface area (Å²) in [5.41, 5.74) is 0. The van der Waals surface area contributed by atoms with Crippen LogP contribution in [0, 0.1) is 0 Å². The van der Waals surface area contributed by atoms with Crippen LogP contribution in [0.2, 0.25) is 4.34 Å². The molecule has 0 saturated heterocycles. The molecule has 0 fully saturated rings. The maximum atomic E-state index is 12.0. The monoisotopic (exact) mass is 313 g/mol. The molecule has 0 unspecified atom stereocenters. The van der Waals surface area contributed by atoms with Gasteiger partial charge in [0.1, 0.15) is 16.3 Å². The number of carboxylic acids is 2. The number of carboxylic acid groups (broad SMARTS) is 2. The van der Waals surface area contributed by atoms with Gasteiger partial charge in [0.25, 0.3) is 0 Å². The summed E-state index contributed by atoms with van der Waals surface area (Å²) >= 11 is 6.18. The fourth-order valence-corrected chi connectivity index (χ4v) is 3.87. The molecule has 1 aromatic heterocycles. The van der Waals surface area contributed by atoms with E-state index in [0.717, 1.165) is 13.1 Å². The van der Waals surface area contributed by atoms with Crippen LogP contribution in [0.1, 0.15) is 9.67 Å². The quantitative estimate of drug-likeness (QED) is 0.831. The molecule has 100 valence electrons. The Morgan fingerprint density at radius 2 is 2.00 bits per heavy atom. The highest BCUT2D eigenvalue weighted by molar-refractivity contribution is 7.89. The van der Waals surface area contributed by atoms with Crippen LogP contribution >= 0.6 is 22.9 Å². The van der Waals surface area contributed by atoms with Gasteiger partial charge in [-0.05, 0) is 6.07 Å². The lowest BCUT2D eigenvalue weighted by atomic mass is 10.5. The van der Waals surface area contributed by atoms with Crippen molar-refractivity contribution in [2.24, 2.45) is 0 Å². The van der Waals surface area contributed by atoms with Crippen molar-refractivity contribution in [2.75, 3.05) is 13.6 Å². The van der Waals surface area contributed by atoms with Crippen molar-refractivity contribution >= 4 is 44.9 Å². The number of hydrogen-bond acceptors (Lipinski definition) is 5. The fraction of sp³-hybridized carbons (Fsp3) is 0.250. The molecule has 0 bridgehead atoms. The number of aromatic carboxylic acids is 1. The second kappa shape index (κ2) is 5.22. The standard InChI is InChI=1S/C8H8ClNO6S2/c1-10(3-6(11)12)18(15,16)4-2-5(9)17-7(4)8(13)14/h2H,3H2,1H3,(H,11,12)(H,13,14). The number of nitrogens with zero attached hydrogens (tertiary/aromatic N) is 1. The predicted molar refractivity (Wildman–Crippen MR) is 63.7 cm³/mol. The first-order chi connectivity index (χ1) is 8.16. The first kappa shape index (κ1) is 14.9. The third-order valence-electron chi connectivity index (χ3n) is 1.91. The van der Waals surface area contributed by atoms with Crippen molar-refractivity contribution in [1.29, 1.82) is 0 Å². The average molecular weight is 314 g/mol. The average Bonchev–Trinajstić information content (AvgIpc) is 2.59. The molecule has 18 heavy (non-hydrogen) atoms. The third kappa shape index (κ3) is 2.99. The lowest BCUT2D eigenvalue weighted by molar-refractivity contribution is -0.137. The van der Waals surface area contributed by atoms with Crippen molar-refractivity contribution in [2.45, 2.75) is 4.90 Å². The lowest BCUT2D eigenvalue weighted by Crippen LogP contribution is -2.32. The van der Waals surface area contributed by atoms with E-state index in [1.165, 1.54) is 0 Å². The van der Waals surface area contributed by atoms with E-state index in [1.807, 2.05) is 0 Å². The minimum Gasteiger partial charge on any atom is -0.480 e. The maximum absolute atomic E-state index is 12.0. The van der Waals surface area contributed by atoms with E-state index in [1.54, 1.807) is 0 Å². The summed E-state index contributed by atoms with van der Waals surface area (Å²) in [6, 6.07) is 0.989. The van der Waals surface area contributed by atoms with Crippen molar-refractivity contribution in [1.82, 2.24) is 4.31 Å². The van der Waals surface area contributed by atoms with Gasteiger partial charge in [-0.1, -0.05) is 11.6 Å². The highest BCUT2D eigenvalue weighted by Gasteiger charge is 2.30. The third-order valence-corrected chi connectivity index (χ3v) is 5.12. The number of thiophene rings is 1. The maximum Gasteiger partial charge on any atom is 0.347 e. The Balaban J connectivity index is 3.28. The summed E-state index contributed by atoms with van der Waals surface area (Å²) in [4.78, 5) is 20.4. The van der Waals surface area contributed by atoms with Gasteiger partial charge in [0.15, 0.2) is 0 Å². The van der Waals surface area contributed by atoms with E-state index in [0.29, 0.717) is 15.6 Å². The Morgan fingerprint density at radius 1 is 1.44 bits per heavy atom. The second-order valence-electron chi connectivity index (χ2n) is 3.20. The van der Waals surface area contributed by atoms with Gasteiger partial charge in [0.2, 0.25) is 10.0 Å². The summed E-state index contributed by atoms with van der Waals surface area (Å²) in [5, 5.41) is 17.4. The predicted octanol–water partition coefficient (Wildman–Crippen LogP) is 0.805. The highest BCUT2D eigenvalue weighted by Crippen LogP contribution is 2.31. The van der Waals surface area contributed by atoms with Crippen LogP contribution in [0.15, 0.2) is 11.0 Å². The molecule has 0 aromatic carbocycles. The number of carbonyl (C=O) groups is 2. The van der Waals surface area contributed by atoms with Crippen molar-refractivity contribution in [3.8, 4) is 0 Å². The molecule has 0 spiro atoms. The zero-order chi connectivity index (χ0) is 14.1. The lowest BCUT2D eigenvalue weighted by Gasteiger charge is -2.14. The number of hydrogen-bond donors (Lipinski definition) is 2. The van der Waals surface area contributed by atoms with Crippen LogP contribution < -0.4 is 0 Å². The molecule has 0 amide bonds. The SMILES string of the molecule is CN(CC(=O)O)S(=O)(=O)c1cc(Cl)sc1C(=O)O. The van der Waals surface area contributed by atoms with E-state index >= 15 is 0 Å². The summed E-state index contributed by atoms with van der Waals surface area (Å²) < 4.78 is 24.4. The smallest absolute Gasteiger partial charge is 0.347 e. The Hall–Kier alpha value is -1.16. The van der Waals surface area contributed by atoms with Gasteiger partial charge in [-0.2, -0.15) is 4.31 Å². The van der Waals surface area contributed by atoms with Gasteiger partial charge in [-0.25, -0.2) is 13.2 Å². The van der Waals surface area contributed by atoms with Gasteiger partial charge in [-0.3, -0.25) is 4.79 Å². The largest absolute Gasteiger partial charge is 0.480 e. The Labute approximate surface area is 111 Å². The molecule has 1 heterocycles. The number of aliphatic carboxylic acids is 1. The summed E-state index contributed by atoms with van der Waals surface area (Å²) in [5.74, 6) is -2.78. The normalized spacial score (nSPS) is 11.7. The number of halogens is 1. The molecule has 0 aliphatic rings. The number of rotatable bonds is 5. The van der Waals surface area contributed by atoms with Gasteiger partial charge in [-0.15, -0.1) is 11.3 Å². The van der Waals surface area contributed by atoms with Crippen molar-refractivity contribution in [3.63, 3.8) is 0 Å². The fourth-order valence-electron chi connectivity index (χ4n) is 1.13. The van der Waals surface area contributed by atoms with Crippen LogP contribution in [-0.4, -0.2) is 48.5 Å². The van der Waals surface area contributed by atoms with Gasteiger partial charge >= 0.3 is 11.9 Å². The van der Waals surface area contributed by atoms with Gasteiger partial charge in [0, 0.05) is 7.05 Å². The van der Waals surface area contributed by atoms with Crippen LogP contribution in [0.25, 0.3) is 0 Å². The first-order valence-corrected chi connectivity index (χ1v) is 7.00. The summed E-state index contributed by atoms with van der Waals surface area (Å²) in [7, 11) is -3.15. The molecule has 0 aliphatic heterocycles. The van der Waals surface area contributed by atoms with Gasteiger partial charge in [0.05, 0.1) is 4.34 Å². The number of sulfonamides is 1. The van der Waals surface area contributed by atoms with Crippen LogP contribution in [0.4, 0.5) is 0 Å². The molecule has 7 nitrogen and oxygen atoms in total. The van der Waals surface area contributed by atoms with Crippen molar-refractivity contribution in [3.05, 3.63) is 15.3 Å². The Morgan fingerprint density at radius 3 is 2.44 bits per heavy atom. The molecule has 0 atom stereocenters. The zero-order valence-corrected chi connectivity index (χ0v) is 11.3. The minimum atomic E-state index is -4.19. The van der Waals surface area contributed by atoms with Gasteiger partial charge < -0.3 is 10.2 Å². The molecular weight excluding hydrogens is 306 g/mol. The zero-order valence-electron chi connectivity index (χ0n) is 8.95. The topological polar surface area (TPSA) is 112 Å². The van der Waals surface area contributed by atoms with Crippen LogP contribution in [0.5, 0.6) is 0 Å². The summed E-state index contributed by atoms with van der Waals surface area (Å²) in [6.07, 6.45) is 0. The molecule has 0 aliphatic carbocycles. The molecule has 1 rings (SSSR count). The van der Waals surface area contributed by atoms with E-state index in [9.17, 15) is 18.0 Å². The van der Waals surface area contributed by atoms with E-state index < -0.39 is 38.3 Å². The second-order valence-corrected chi connectivity index (χ2v) is 6.90. The Bertz CT molecular complexity index is 593. The van der Waals surface area contributed by atoms with Crippen molar-refractivity contribution < 1.29 is 28.2 Å². The van der Waals surface area contributed by atoms with E-state index in [4.69, 9.17) is 21.8 Å². The molecular formula is C8H8ClNO6S2. The molecule has 2 N–H and O–H groups in total. The molecule has 0 radical (unpaired) electrons. The van der Waals surface area contributed by atoms with E-state index in [-0.39, 0.29) is 4.34 Å². The molecule has 1 aromatic rings. The summed E-state index contributed by atoms with van der Waals surface area (Å²) in [6.45, 7) is -0.769. The van der Waals surface area contributed by atoms with Crippen LogP contribution in [0.3, 0.4) is 0 Å². The van der Waals surface area contributed by atoms with E-state index in [2.05, 4.69) is 0 Å². The first-order valence-electron chi connectivity index (χ1n) is 4.37. The minimum absolute atomic E-state index is 0.00491. The Kier molecular flexibility index (Phi) is 4.32.